The van der Waals surface area contributed by atoms with Crippen molar-refractivity contribution < 1.29 is 9.53 Å². The number of rotatable bonds is 4. The highest BCUT2D eigenvalue weighted by Crippen LogP contribution is 2.18. The van der Waals surface area contributed by atoms with Crippen molar-refractivity contribution in [2.75, 3.05) is 31.2 Å². The number of aryl methyl sites for hydroxylation is 1. The Morgan fingerprint density at radius 2 is 1.67 bits per heavy atom. The largest absolute Gasteiger partial charge is 0.378 e. The Morgan fingerprint density at radius 1 is 1.04 bits per heavy atom. The number of nitrogens with zero attached hydrogens (tertiary/aromatic N) is 1. The molecule has 1 aliphatic heterocycles. The van der Waals surface area contributed by atoms with E-state index >= 15 is 0 Å². The average molecular weight is 324 g/mol. The van der Waals surface area contributed by atoms with Crippen LogP contribution in [0.4, 0.5) is 5.69 Å². The number of morpholine rings is 1. The first-order valence-corrected chi connectivity index (χ1v) is 8.43. The summed E-state index contributed by atoms with van der Waals surface area (Å²) in [5.74, 6) is -0.0448. The number of anilines is 1. The average Bonchev–Trinajstić information content (AvgIpc) is 2.63. The van der Waals surface area contributed by atoms with E-state index in [1.807, 2.05) is 31.2 Å². The maximum absolute atomic E-state index is 12.4. The van der Waals surface area contributed by atoms with E-state index in [1.54, 1.807) is 0 Å². The molecule has 2 aromatic carbocycles. The standard InChI is InChI=1S/C20H24N2O2/c1-15-3-5-17(6-4-15)16(2)21-20(23)18-7-9-19(10-8-18)22-11-13-24-14-12-22/h3-10,16H,11-14H2,1-2H3,(H,21,23). The number of hydrogen-bond acceptors (Lipinski definition) is 3. The summed E-state index contributed by atoms with van der Waals surface area (Å²) in [5, 5.41) is 3.06. The van der Waals surface area contributed by atoms with Gasteiger partial charge in [0, 0.05) is 24.3 Å². The lowest BCUT2D eigenvalue weighted by molar-refractivity contribution is 0.0940. The number of benzene rings is 2. The molecule has 3 rings (SSSR count). The Morgan fingerprint density at radius 3 is 2.29 bits per heavy atom. The van der Waals surface area contributed by atoms with E-state index in [0.717, 1.165) is 37.6 Å². The van der Waals surface area contributed by atoms with Crippen LogP contribution in [0.2, 0.25) is 0 Å². The molecular formula is C20H24N2O2. The van der Waals surface area contributed by atoms with E-state index in [4.69, 9.17) is 4.74 Å². The Bertz CT molecular complexity index is 674. The molecule has 0 aromatic heterocycles. The van der Waals surface area contributed by atoms with Crippen molar-refractivity contribution in [2.45, 2.75) is 19.9 Å². The van der Waals surface area contributed by atoms with Crippen LogP contribution in [0.3, 0.4) is 0 Å². The second kappa shape index (κ2) is 7.49. The lowest BCUT2D eigenvalue weighted by atomic mass is 10.1. The fraction of sp³-hybridized carbons (Fsp3) is 0.350. The van der Waals surface area contributed by atoms with Gasteiger partial charge in [-0.2, -0.15) is 0 Å². The molecule has 0 saturated carbocycles. The molecule has 0 aliphatic carbocycles. The van der Waals surface area contributed by atoms with Gasteiger partial charge in [0.15, 0.2) is 0 Å². The van der Waals surface area contributed by atoms with Crippen molar-refractivity contribution in [1.82, 2.24) is 5.32 Å². The molecule has 1 unspecified atom stereocenters. The number of amides is 1. The highest BCUT2D eigenvalue weighted by molar-refractivity contribution is 5.94. The van der Waals surface area contributed by atoms with Crippen molar-refractivity contribution in [2.24, 2.45) is 0 Å². The number of carbonyl (C=O) groups excluding carboxylic acids is 1. The zero-order valence-electron chi connectivity index (χ0n) is 14.3. The SMILES string of the molecule is Cc1ccc(C(C)NC(=O)c2ccc(N3CCOCC3)cc2)cc1. The quantitative estimate of drug-likeness (QED) is 0.938. The van der Waals surface area contributed by atoms with Crippen LogP contribution in [-0.4, -0.2) is 32.2 Å². The van der Waals surface area contributed by atoms with E-state index in [1.165, 1.54) is 5.56 Å². The van der Waals surface area contributed by atoms with Crippen molar-refractivity contribution in [3.8, 4) is 0 Å². The van der Waals surface area contributed by atoms with Gasteiger partial charge in [-0.1, -0.05) is 29.8 Å². The van der Waals surface area contributed by atoms with Gasteiger partial charge in [-0.25, -0.2) is 0 Å². The molecular weight excluding hydrogens is 300 g/mol. The predicted octanol–water partition coefficient (Wildman–Crippen LogP) is 3.32. The zero-order valence-corrected chi connectivity index (χ0v) is 14.3. The number of carbonyl (C=O) groups is 1. The highest BCUT2D eigenvalue weighted by Gasteiger charge is 2.14. The van der Waals surface area contributed by atoms with Gasteiger partial charge < -0.3 is 15.0 Å². The highest BCUT2D eigenvalue weighted by atomic mass is 16.5. The van der Waals surface area contributed by atoms with E-state index in [0.29, 0.717) is 5.56 Å². The van der Waals surface area contributed by atoms with Crippen molar-refractivity contribution in [3.63, 3.8) is 0 Å². The molecule has 126 valence electrons. The van der Waals surface area contributed by atoms with Gasteiger partial charge in [0.2, 0.25) is 0 Å². The normalized spacial score (nSPS) is 15.8. The molecule has 4 nitrogen and oxygen atoms in total. The Balaban J connectivity index is 1.63. The van der Waals surface area contributed by atoms with Crippen LogP contribution in [-0.2, 0) is 4.74 Å². The van der Waals surface area contributed by atoms with Crippen LogP contribution in [0.1, 0.15) is 34.5 Å². The molecule has 4 heteroatoms. The molecule has 0 radical (unpaired) electrons. The first-order valence-electron chi connectivity index (χ1n) is 8.43. The number of ether oxygens (including phenoxy) is 1. The van der Waals surface area contributed by atoms with Crippen LogP contribution < -0.4 is 10.2 Å². The van der Waals surface area contributed by atoms with Gasteiger partial charge >= 0.3 is 0 Å². The molecule has 1 saturated heterocycles. The maximum atomic E-state index is 12.4. The summed E-state index contributed by atoms with van der Waals surface area (Å²) in [5.41, 5.74) is 4.15. The fourth-order valence-electron chi connectivity index (χ4n) is 2.86. The van der Waals surface area contributed by atoms with Gasteiger partial charge in [0.1, 0.15) is 0 Å². The first kappa shape index (κ1) is 16.5. The Hall–Kier alpha value is -2.33. The molecule has 1 aliphatic rings. The second-order valence-electron chi connectivity index (χ2n) is 6.25. The molecule has 0 spiro atoms. The predicted molar refractivity (Wildman–Crippen MR) is 96.5 cm³/mol. The van der Waals surface area contributed by atoms with Gasteiger partial charge in [0.25, 0.3) is 5.91 Å². The first-order chi connectivity index (χ1) is 11.6. The summed E-state index contributed by atoms with van der Waals surface area (Å²) in [7, 11) is 0. The van der Waals surface area contributed by atoms with E-state index in [9.17, 15) is 4.79 Å². The summed E-state index contributed by atoms with van der Waals surface area (Å²) >= 11 is 0. The minimum absolute atomic E-state index is 0.0166. The van der Waals surface area contributed by atoms with E-state index < -0.39 is 0 Å². The topological polar surface area (TPSA) is 41.6 Å². The molecule has 2 aromatic rings. The monoisotopic (exact) mass is 324 g/mol. The van der Waals surface area contributed by atoms with Crippen LogP contribution in [0.5, 0.6) is 0 Å². The smallest absolute Gasteiger partial charge is 0.251 e. The van der Waals surface area contributed by atoms with Crippen molar-refractivity contribution in [3.05, 3.63) is 65.2 Å². The van der Waals surface area contributed by atoms with Crippen LogP contribution in [0, 0.1) is 6.92 Å². The third kappa shape index (κ3) is 3.95. The molecule has 1 atom stereocenters. The summed E-state index contributed by atoms with van der Waals surface area (Å²) in [6.07, 6.45) is 0. The van der Waals surface area contributed by atoms with Crippen LogP contribution in [0.25, 0.3) is 0 Å². The molecule has 1 fully saturated rings. The molecule has 1 N–H and O–H groups in total. The van der Waals surface area contributed by atoms with Crippen LogP contribution >= 0.6 is 0 Å². The van der Waals surface area contributed by atoms with Crippen molar-refractivity contribution in [1.29, 1.82) is 0 Å². The van der Waals surface area contributed by atoms with Crippen LogP contribution in [0.15, 0.2) is 48.5 Å². The fourth-order valence-corrected chi connectivity index (χ4v) is 2.86. The van der Waals surface area contributed by atoms with Gasteiger partial charge in [0.05, 0.1) is 19.3 Å². The van der Waals surface area contributed by atoms with Crippen molar-refractivity contribution >= 4 is 11.6 Å². The zero-order chi connectivity index (χ0) is 16.9. The Labute approximate surface area is 143 Å². The summed E-state index contributed by atoms with van der Waals surface area (Å²) in [6, 6.07) is 16.0. The summed E-state index contributed by atoms with van der Waals surface area (Å²) < 4.78 is 5.37. The molecule has 0 bridgehead atoms. The van der Waals surface area contributed by atoms with Gasteiger partial charge in [-0.05, 0) is 43.7 Å². The number of nitrogens with one attached hydrogen (secondary N) is 1. The lowest BCUT2D eigenvalue weighted by Crippen LogP contribution is -2.36. The minimum Gasteiger partial charge on any atom is -0.378 e. The Kier molecular flexibility index (Phi) is 5.16. The van der Waals surface area contributed by atoms with E-state index in [-0.39, 0.29) is 11.9 Å². The summed E-state index contributed by atoms with van der Waals surface area (Å²) in [6.45, 7) is 7.38. The number of hydrogen-bond donors (Lipinski definition) is 1. The third-order valence-electron chi connectivity index (χ3n) is 4.43. The maximum Gasteiger partial charge on any atom is 0.251 e. The molecule has 1 amide bonds. The molecule has 24 heavy (non-hydrogen) atoms. The van der Waals surface area contributed by atoms with Gasteiger partial charge in [-0.15, -0.1) is 0 Å². The van der Waals surface area contributed by atoms with Gasteiger partial charge in [-0.3, -0.25) is 4.79 Å². The summed E-state index contributed by atoms with van der Waals surface area (Å²) in [4.78, 5) is 14.7. The molecule has 1 heterocycles. The minimum atomic E-state index is -0.0448. The van der Waals surface area contributed by atoms with E-state index in [2.05, 4.69) is 41.4 Å². The third-order valence-corrected chi connectivity index (χ3v) is 4.43. The lowest BCUT2D eigenvalue weighted by Gasteiger charge is -2.28. The second-order valence-corrected chi connectivity index (χ2v) is 6.25.